The van der Waals surface area contributed by atoms with E-state index < -0.39 is 0 Å². The summed E-state index contributed by atoms with van der Waals surface area (Å²) >= 11 is 0. The third-order valence-electron chi connectivity index (χ3n) is 5.32. The second kappa shape index (κ2) is 7.08. The maximum absolute atomic E-state index is 11.9. The fourth-order valence-electron chi connectivity index (χ4n) is 4.00. The van der Waals surface area contributed by atoms with Crippen LogP contribution in [0.15, 0.2) is 0 Å². The highest BCUT2D eigenvalue weighted by Crippen LogP contribution is 2.25. The fourth-order valence-corrected chi connectivity index (χ4v) is 4.00. The number of hydrogen-bond acceptors (Lipinski definition) is 4. The Bertz CT molecular complexity index is 582. The van der Waals surface area contributed by atoms with Crippen molar-refractivity contribution in [2.45, 2.75) is 65.8 Å². The first-order chi connectivity index (χ1) is 11.5. The Kier molecular flexibility index (Phi) is 5.07. The van der Waals surface area contributed by atoms with Crippen LogP contribution in [-0.4, -0.2) is 46.5 Å². The molecule has 5 heteroatoms. The first-order valence-electron chi connectivity index (χ1n) is 9.34. The van der Waals surface area contributed by atoms with Crippen LogP contribution in [0.5, 0.6) is 0 Å². The number of carbonyl (C=O) groups is 1. The molecule has 0 radical (unpaired) electrons. The lowest BCUT2D eigenvalue weighted by atomic mass is 10.0. The van der Waals surface area contributed by atoms with Gasteiger partial charge in [-0.15, -0.1) is 0 Å². The summed E-state index contributed by atoms with van der Waals surface area (Å²) in [5.74, 6) is 1.82. The highest BCUT2D eigenvalue weighted by atomic mass is 16.2. The van der Waals surface area contributed by atoms with Crippen molar-refractivity contribution in [2.75, 3.05) is 24.5 Å². The summed E-state index contributed by atoms with van der Waals surface area (Å²) in [6.45, 7) is 11.5. The highest BCUT2D eigenvalue weighted by molar-refractivity contribution is 5.78. The molecular weight excluding hydrogens is 300 g/mol. The van der Waals surface area contributed by atoms with Gasteiger partial charge in [0.15, 0.2) is 0 Å². The molecule has 1 aromatic heterocycles. The molecular formula is C19H30N4O. The number of anilines is 1. The summed E-state index contributed by atoms with van der Waals surface area (Å²) in [6, 6.07) is 0.415. The highest BCUT2D eigenvalue weighted by Gasteiger charge is 2.31. The molecule has 2 fully saturated rings. The number of piperidine rings is 1. The maximum atomic E-state index is 11.9. The average molecular weight is 330 g/mol. The Morgan fingerprint density at radius 3 is 2.21 bits per heavy atom. The predicted octanol–water partition coefficient (Wildman–Crippen LogP) is 2.88. The molecule has 2 aliphatic rings. The molecule has 0 bridgehead atoms. The third-order valence-corrected chi connectivity index (χ3v) is 5.32. The number of amides is 1. The van der Waals surface area contributed by atoms with Crippen molar-refractivity contribution >= 4 is 11.9 Å². The van der Waals surface area contributed by atoms with Crippen LogP contribution >= 0.6 is 0 Å². The number of aromatic nitrogens is 2. The van der Waals surface area contributed by atoms with Gasteiger partial charge in [-0.05, 0) is 51.0 Å². The number of likely N-dealkylation sites (tertiary alicyclic amines) is 1. The van der Waals surface area contributed by atoms with Gasteiger partial charge in [-0.25, -0.2) is 9.97 Å². The summed E-state index contributed by atoms with van der Waals surface area (Å²) in [4.78, 5) is 25.9. The van der Waals surface area contributed by atoms with E-state index in [9.17, 15) is 4.79 Å². The van der Waals surface area contributed by atoms with Crippen LogP contribution in [0.2, 0.25) is 0 Å². The van der Waals surface area contributed by atoms with Crippen molar-refractivity contribution < 1.29 is 4.79 Å². The fraction of sp³-hybridized carbons (Fsp3) is 0.737. The van der Waals surface area contributed by atoms with Crippen molar-refractivity contribution in [1.29, 1.82) is 0 Å². The zero-order valence-corrected chi connectivity index (χ0v) is 15.5. The molecule has 0 spiro atoms. The van der Waals surface area contributed by atoms with E-state index in [1.165, 1.54) is 5.56 Å². The predicted molar refractivity (Wildman–Crippen MR) is 96.2 cm³/mol. The van der Waals surface area contributed by atoms with Gasteiger partial charge in [0, 0.05) is 43.5 Å². The van der Waals surface area contributed by atoms with Crippen molar-refractivity contribution in [1.82, 2.24) is 14.9 Å². The molecule has 0 atom stereocenters. The Morgan fingerprint density at radius 1 is 1.08 bits per heavy atom. The van der Waals surface area contributed by atoms with E-state index in [1.807, 2.05) is 0 Å². The molecule has 1 amide bonds. The van der Waals surface area contributed by atoms with Crippen LogP contribution in [0.1, 0.15) is 56.5 Å². The second-order valence-corrected chi connectivity index (χ2v) is 7.68. The van der Waals surface area contributed by atoms with E-state index in [1.54, 1.807) is 0 Å². The number of nitrogens with zero attached hydrogens (tertiary/aromatic N) is 4. The molecule has 3 rings (SSSR count). The lowest BCUT2D eigenvalue weighted by molar-refractivity contribution is -0.130. The average Bonchev–Trinajstić information content (AvgIpc) is 2.97. The molecule has 2 aliphatic heterocycles. The lowest BCUT2D eigenvalue weighted by Gasteiger charge is -2.37. The van der Waals surface area contributed by atoms with Gasteiger partial charge in [-0.1, -0.05) is 13.8 Å². The van der Waals surface area contributed by atoms with E-state index in [2.05, 4.69) is 37.5 Å². The first kappa shape index (κ1) is 17.2. The van der Waals surface area contributed by atoms with Gasteiger partial charge in [0.25, 0.3) is 0 Å². The number of rotatable bonds is 4. The molecule has 1 aromatic rings. The minimum absolute atomic E-state index is 0.342. The molecule has 0 aromatic carbocycles. The molecule has 0 N–H and O–H groups in total. The van der Waals surface area contributed by atoms with Gasteiger partial charge in [-0.2, -0.15) is 0 Å². The van der Waals surface area contributed by atoms with E-state index in [4.69, 9.17) is 9.97 Å². The van der Waals surface area contributed by atoms with Crippen molar-refractivity contribution in [3.63, 3.8) is 0 Å². The van der Waals surface area contributed by atoms with Crippen molar-refractivity contribution in [3.05, 3.63) is 17.0 Å². The Balaban J connectivity index is 1.67. The van der Waals surface area contributed by atoms with E-state index >= 15 is 0 Å². The summed E-state index contributed by atoms with van der Waals surface area (Å²) in [5.41, 5.74) is 3.53. The van der Waals surface area contributed by atoms with Crippen LogP contribution < -0.4 is 4.90 Å². The molecule has 0 unspecified atom stereocenters. The van der Waals surface area contributed by atoms with Crippen molar-refractivity contribution in [3.8, 4) is 0 Å². The van der Waals surface area contributed by atoms with Crippen molar-refractivity contribution in [2.24, 2.45) is 5.92 Å². The maximum Gasteiger partial charge on any atom is 0.225 e. The molecule has 2 saturated heterocycles. The van der Waals surface area contributed by atoms with Crippen LogP contribution in [0, 0.1) is 19.8 Å². The lowest BCUT2D eigenvalue weighted by Crippen LogP contribution is -2.46. The van der Waals surface area contributed by atoms with E-state index in [-0.39, 0.29) is 0 Å². The van der Waals surface area contributed by atoms with Crippen LogP contribution in [-0.2, 0) is 11.2 Å². The van der Waals surface area contributed by atoms with Crippen LogP contribution in [0.25, 0.3) is 0 Å². The zero-order valence-electron chi connectivity index (χ0n) is 15.5. The quantitative estimate of drug-likeness (QED) is 0.852. The number of aryl methyl sites for hydroxylation is 2. The molecule has 0 saturated carbocycles. The largest absolute Gasteiger partial charge is 0.341 e. The standard InChI is InChI=1S/C19H30N4O/c1-13(2)12-17-14(3)20-19(21-15(17)4)22-10-7-16(8-11-22)23-9-5-6-18(23)24/h13,16H,5-12H2,1-4H3. The summed E-state index contributed by atoms with van der Waals surface area (Å²) in [5, 5.41) is 0. The summed E-state index contributed by atoms with van der Waals surface area (Å²) < 4.78 is 0. The Labute approximate surface area is 145 Å². The first-order valence-corrected chi connectivity index (χ1v) is 9.34. The molecule has 0 aliphatic carbocycles. The minimum Gasteiger partial charge on any atom is -0.341 e. The number of carbonyl (C=O) groups excluding carboxylic acids is 1. The van der Waals surface area contributed by atoms with Gasteiger partial charge >= 0.3 is 0 Å². The Morgan fingerprint density at radius 2 is 1.71 bits per heavy atom. The summed E-state index contributed by atoms with van der Waals surface area (Å²) in [7, 11) is 0. The van der Waals surface area contributed by atoms with Gasteiger partial charge in [0.05, 0.1) is 0 Å². The van der Waals surface area contributed by atoms with E-state index in [0.29, 0.717) is 17.9 Å². The zero-order chi connectivity index (χ0) is 17.3. The topological polar surface area (TPSA) is 49.3 Å². The van der Waals surface area contributed by atoms with Gasteiger partial charge in [-0.3, -0.25) is 4.79 Å². The summed E-state index contributed by atoms with van der Waals surface area (Å²) in [6.07, 6.45) is 4.86. The normalized spacial score (nSPS) is 19.6. The molecule has 24 heavy (non-hydrogen) atoms. The van der Waals surface area contributed by atoms with Gasteiger partial charge < -0.3 is 9.80 Å². The van der Waals surface area contributed by atoms with E-state index in [0.717, 1.165) is 69.1 Å². The SMILES string of the molecule is Cc1nc(N2CCC(N3CCCC3=O)CC2)nc(C)c1CC(C)C. The third kappa shape index (κ3) is 3.55. The smallest absolute Gasteiger partial charge is 0.225 e. The molecule has 5 nitrogen and oxygen atoms in total. The molecule has 3 heterocycles. The minimum atomic E-state index is 0.342. The second-order valence-electron chi connectivity index (χ2n) is 7.68. The van der Waals surface area contributed by atoms with Gasteiger partial charge in [0.1, 0.15) is 0 Å². The molecule has 132 valence electrons. The van der Waals surface area contributed by atoms with Crippen LogP contribution in [0.4, 0.5) is 5.95 Å². The Hall–Kier alpha value is -1.65. The van der Waals surface area contributed by atoms with Gasteiger partial charge in [0.2, 0.25) is 11.9 Å². The van der Waals surface area contributed by atoms with Crippen LogP contribution in [0.3, 0.4) is 0 Å². The number of hydrogen-bond donors (Lipinski definition) is 0. The monoisotopic (exact) mass is 330 g/mol.